The third kappa shape index (κ3) is 2.57. The van der Waals surface area contributed by atoms with Gasteiger partial charge in [-0.25, -0.2) is 0 Å². The Balaban J connectivity index is 2.80. The predicted octanol–water partition coefficient (Wildman–Crippen LogP) is 1.53. The van der Waals surface area contributed by atoms with Crippen LogP contribution in [-0.2, 0) is 9.53 Å². The molecule has 0 aromatic carbocycles. The molecule has 0 aromatic heterocycles. The Morgan fingerprint density at radius 1 is 1.60 bits per heavy atom. The molecular weight excluding hydrogens is 190 g/mol. The quantitative estimate of drug-likeness (QED) is 0.684. The molecule has 0 saturated heterocycles. The molecule has 0 spiro atoms. The van der Waals surface area contributed by atoms with Crippen LogP contribution in [0.1, 0.15) is 6.92 Å². The summed E-state index contributed by atoms with van der Waals surface area (Å²) >= 11 is 0. The Hall–Kier alpha value is -1.35. The molecule has 1 heterocycles. The molecule has 3 nitrogen and oxygen atoms in total. The molecule has 15 heavy (non-hydrogen) atoms. The zero-order chi connectivity index (χ0) is 11.3. The van der Waals surface area contributed by atoms with Crippen molar-refractivity contribution in [2.24, 2.45) is 0 Å². The lowest BCUT2D eigenvalue weighted by molar-refractivity contribution is -0.124. The Labute approximate surface area is 90.7 Å². The van der Waals surface area contributed by atoms with E-state index in [0.29, 0.717) is 18.7 Å². The van der Waals surface area contributed by atoms with Crippen LogP contribution in [-0.4, -0.2) is 37.6 Å². The molecule has 0 aromatic rings. The van der Waals surface area contributed by atoms with Crippen molar-refractivity contribution >= 4 is 5.91 Å². The minimum absolute atomic E-state index is 0.0737. The Morgan fingerprint density at radius 3 is 2.87 bits per heavy atom. The van der Waals surface area contributed by atoms with E-state index in [9.17, 15) is 4.79 Å². The van der Waals surface area contributed by atoms with Gasteiger partial charge in [-0.2, -0.15) is 0 Å². The van der Waals surface area contributed by atoms with Crippen LogP contribution in [0, 0.1) is 0 Å². The second-order valence-corrected chi connectivity index (χ2v) is 3.32. The van der Waals surface area contributed by atoms with Gasteiger partial charge in [0, 0.05) is 25.8 Å². The number of nitrogens with zero attached hydrogens (tertiary/aromatic N) is 1. The van der Waals surface area contributed by atoms with Crippen molar-refractivity contribution in [2.75, 3.05) is 26.8 Å². The summed E-state index contributed by atoms with van der Waals surface area (Å²) < 4.78 is 4.92. The molecule has 0 fully saturated rings. The van der Waals surface area contributed by atoms with E-state index in [0.717, 1.165) is 12.1 Å². The van der Waals surface area contributed by atoms with E-state index >= 15 is 0 Å². The number of carbonyl (C=O) groups excluding carboxylic acids is 1. The largest absolute Gasteiger partial charge is 0.381 e. The van der Waals surface area contributed by atoms with Gasteiger partial charge in [0.25, 0.3) is 5.91 Å². The molecule has 0 bridgehead atoms. The fraction of sp³-hybridized carbons (Fsp3) is 0.417. The lowest BCUT2D eigenvalue weighted by Crippen LogP contribution is -2.26. The molecule has 1 rings (SSSR count). The highest BCUT2D eigenvalue weighted by atomic mass is 16.5. The molecule has 0 radical (unpaired) electrons. The monoisotopic (exact) mass is 207 g/mol. The summed E-state index contributed by atoms with van der Waals surface area (Å²) in [6.07, 6.45) is 5.48. The van der Waals surface area contributed by atoms with Crippen LogP contribution in [0.2, 0.25) is 0 Å². The minimum atomic E-state index is 0.0737. The first-order valence-electron chi connectivity index (χ1n) is 5.04. The van der Waals surface area contributed by atoms with Crippen molar-refractivity contribution in [1.29, 1.82) is 0 Å². The zero-order valence-electron chi connectivity index (χ0n) is 9.32. The third-order valence-corrected chi connectivity index (χ3v) is 2.39. The first kappa shape index (κ1) is 11.7. The van der Waals surface area contributed by atoms with Crippen LogP contribution in [0.3, 0.4) is 0 Å². The van der Waals surface area contributed by atoms with Gasteiger partial charge >= 0.3 is 0 Å². The molecule has 0 unspecified atom stereocenters. The first-order valence-corrected chi connectivity index (χ1v) is 5.04. The summed E-state index contributed by atoms with van der Waals surface area (Å²) in [4.78, 5) is 13.5. The minimum Gasteiger partial charge on any atom is -0.381 e. The average Bonchev–Trinajstić information content (AvgIpc) is 2.55. The van der Waals surface area contributed by atoms with E-state index < -0.39 is 0 Å². The van der Waals surface area contributed by atoms with Gasteiger partial charge in [-0.3, -0.25) is 4.79 Å². The van der Waals surface area contributed by atoms with Gasteiger partial charge in [0.2, 0.25) is 0 Å². The van der Waals surface area contributed by atoms with E-state index in [1.807, 2.05) is 19.1 Å². The van der Waals surface area contributed by atoms with Gasteiger partial charge in [0.05, 0.1) is 6.61 Å². The number of likely N-dealkylation sites (N-methyl/N-ethyl adjacent to an activating group) is 1. The summed E-state index contributed by atoms with van der Waals surface area (Å²) in [6, 6.07) is 0. The van der Waals surface area contributed by atoms with Gasteiger partial charge in [0.1, 0.15) is 0 Å². The second kappa shape index (κ2) is 5.51. The molecule has 0 aliphatic carbocycles. The van der Waals surface area contributed by atoms with E-state index in [4.69, 9.17) is 4.74 Å². The number of methoxy groups -OCH3 is 1. The van der Waals surface area contributed by atoms with E-state index in [1.165, 1.54) is 0 Å². The van der Waals surface area contributed by atoms with Gasteiger partial charge in [-0.1, -0.05) is 24.8 Å². The molecule has 1 aliphatic heterocycles. The summed E-state index contributed by atoms with van der Waals surface area (Å²) in [5.74, 6) is 0.0737. The van der Waals surface area contributed by atoms with Crippen LogP contribution in [0.4, 0.5) is 0 Å². The molecule has 1 aliphatic rings. The Morgan fingerprint density at radius 2 is 2.33 bits per heavy atom. The smallest absolute Gasteiger partial charge is 0.254 e. The van der Waals surface area contributed by atoms with Crippen molar-refractivity contribution < 1.29 is 9.53 Å². The highest BCUT2D eigenvalue weighted by Gasteiger charge is 2.25. The van der Waals surface area contributed by atoms with Crippen molar-refractivity contribution in [2.45, 2.75) is 6.92 Å². The topological polar surface area (TPSA) is 29.5 Å². The first-order chi connectivity index (χ1) is 7.24. The average molecular weight is 207 g/mol. The Bertz CT molecular complexity index is 316. The lowest BCUT2D eigenvalue weighted by atomic mass is 10.1. The normalized spacial score (nSPS) is 16.9. The highest BCUT2D eigenvalue weighted by Crippen LogP contribution is 2.20. The summed E-state index contributed by atoms with van der Waals surface area (Å²) in [5, 5.41) is 0. The van der Waals surface area contributed by atoms with Gasteiger partial charge in [-0.15, -0.1) is 0 Å². The summed E-state index contributed by atoms with van der Waals surface area (Å²) in [6.45, 7) is 7.62. The fourth-order valence-corrected chi connectivity index (χ4v) is 1.57. The van der Waals surface area contributed by atoms with E-state index in [2.05, 4.69) is 6.58 Å². The number of hydrogen-bond acceptors (Lipinski definition) is 2. The number of rotatable bonds is 5. The summed E-state index contributed by atoms with van der Waals surface area (Å²) in [5.41, 5.74) is 1.73. The molecule has 0 N–H and O–H groups in total. The summed E-state index contributed by atoms with van der Waals surface area (Å²) in [7, 11) is 1.64. The van der Waals surface area contributed by atoms with Gasteiger partial charge in [-0.05, 0) is 12.5 Å². The third-order valence-electron chi connectivity index (χ3n) is 2.39. The molecule has 1 amide bonds. The van der Waals surface area contributed by atoms with Crippen molar-refractivity contribution in [3.8, 4) is 0 Å². The van der Waals surface area contributed by atoms with Crippen molar-refractivity contribution in [3.63, 3.8) is 0 Å². The van der Waals surface area contributed by atoms with Crippen LogP contribution in [0.15, 0.2) is 36.0 Å². The molecule has 0 saturated carbocycles. The van der Waals surface area contributed by atoms with Gasteiger partial charge in [0.15, 0.2) is 0 Å². The maximum atomic E-state index is 11.7. The SMILES string of the molecule is C=CC1=C(/C=C\COC)CN(CC)C1=O. The fourth-order valence-electron chi connectivity index (χ4n) is 1.57. The standard InChI is InChI=1S/C12H17NO2/c1-4-11-10(7-6-8-15-3)9-13(5-2)12(11)14/h4,6-7H,1,5,8-9H2,2-3H3/b7-6-. The number of carbonyl (C=O) groups is 1. The highest BCUT2D eigenvalue weighted by molar-refractivity contribution is 6.00. The molecular formula is C12H17NO2. The molecule has 3 heteroatoms. The molecule has 0 atom stereocenters. The maximum absolute atomic E-state index is 11.7. The van der Waals surface area contributed by atoms with Crippen LogP contribution in [0.25, 0.3) is 0 Å². The molecule has 82 valence electrons. The van der Waals surface area contributed by atoms with Crippen molar-refractivity contribution in [1.82, 2.24) is 4.90 Å². The van der Waals surface area contributed by atoms with Crippen LogP contribution >= 0.6 is 0 Å². The van der Waals surface area contributed by atoms with Gasteiger partial charge < -0.3 is 9.64 Å². The zero-order valence-corrected chi connectivity index (χ0v) is 9.32. The maximum Gasteiger partial charge on any atom is 0.254 e. The second-order valence-electron chi connectivity index (χ2n) is 3.32. The van der Waals surface area contributed by atoms with Crippen molar-refractivity contribution in [3.05, 3.63) is 36.0 Å². The van der Waals surface area contributed by atoms with Crippen LogP contribution in [0.5, 0.6) is 0 Å². The Kier molecular flexibility index (Phi) is 4.31. The predicted molar refractivity (Wildman–Crippen MR) is 60.5 cm³/mol. The number of ether oxygens (including phenoxy) is 1. The van der Waals surface area contributed by atoms with E-state index in [-0.39, 0.29) is 5.91 Å². The number of hydrogen-bond donors (Lipinski definition) is 0. The van der Waals surface area contributed by atoms with E-state index in [1.54, 1.807) is 18.1 Å². The number of amides is 1. The lowest BCUT2D eigenvalue weighted by Gasteiger charge is -2.12. The van der Waals surface area contributed by atoms with Crippen LogP contribution < -0.4 is 0 Å².